The smallest absolute Gasteiger partial charge is 0.234 e. The average molecular weight is 236 g/mol. The van der Waals surface area contributed by atoms with Gasteiger partial charge in [-0.3, -0.25) is 10.1 Å². The highest BCUT2D eigenvalue weighted by Crippen LogP contribution is 2.19. The van der Waals surface area contributed by atoms with Crippen molar-refractivity contribution >= 4 is 17.2 Å². The summed E-state index contributed by atoms with van der Waals surface area (Å²) >= 11 is 1.72. The first-order valence-electron chi connectivity index (χ1n) is 5.10. The molecule has 4 heteroatoms. The van der Waals surface area contributed by atoms with E-state index in [9.17, 15) is 4.79 Å². The summed E-state index contributed by atoms with van der Waals surface area (Å²) in [5, 5.41) is 5.68. The van der Waals surface area contributed by atoms with Crippen LogP contribution in [-0.2, 0) is 11.3 Å². The van der Waals surface area contributed by atoms with Gasteiger partial charge >= 0.3 is 0 Å². The van der Waals surface area contributed by atoms with Crippen LogP contribution in [-0.4, -0.2) is 19.0 Å². The highest BCUT2D eigenvalue weighted by molar-refractivity contribution is 7.12. The van der Waals surface area contributed by atoms with Crippen LogP contribution in [0.3, 0.4) is 0 Å². The van der Waals surface area contributed by atoms with Gasteiger partial charge in [-0.1, -0.05) is 5.92 Å². The largest absolute Gasteiger partial charge is 0.350 e. The standard InChI is InChI=1S/C12H16N2OS/c1-4-5-13-8-12(15)14-7-11-6-9(2)10(3)16-11/h1,6,13H,5,7-8H2,2-3H3,(H,14,15). The molecule has 0 aliphatic carbocycles. The van der Waals surface area contributed by atoms with Crippen molar-refractivity contribution in [1.29, 1.82) is 0 Å². The number of aryl methyl sites for hydroxylation is 2. The predicted molar refractivity (Wildman–Crippen MR) is 67.3 cm³/mol. The lowest BCUT2D eigenvalue weighted by Gasteiger charge is -2.03. The molecule has 0 atom stereocenters. The van der Waals surface area contributed by atoms with Gasteiger partial charge in [0.25, 0.3) is 0 Å². The number of hydrogen-bond acceptors (Lipinski definition) is 3. The molecule has 0 saturated heterocycles. The molecule has 0 aliphatic rings. The van der Waals surface area contributed by atoms with Crippen molar-refractivity contribution in [3.63, 3.8) is 0 Å². The maximum atomic E-state index is 11.3. The third kappa shape index (κ3) is 4.05. The summed E-state index contributed by atoms with van der Waals surface area (Å²) in [6, 6.07) is 2.11. The zero-order valence-electron chi connectivity index (χ0n) is 9.59. The number of amides is 1. The van der Waals surface area contributed by atoms with E-state index in [1.165, 1.54) is 15.3 Å². The Hall–Kier alpha value is -1.31. The first kappa shape index (κ1) is 12.8. The van der Waals surface area contributed by atoms with Gasteiger partial charge in [0.15, 0.2) is 0 Å². The molecule has 1 amide bonds. The van der Waals surface area contributed by atoms with Crippen molar-refractivity contribution in [3.8, 4) is 12.3 Å². The number of terminal acetylenes is 1. The third-order valence-corrected chi connectivity index (χ3v) is 3.34. The Morgan fingerprint density at radius 3 is 2.88 bits per heavy atom. The summed E-state index contributed by atoms with van der Waals surface area (Å²) in [5.41, 5.74) is 1.28. The SMILES string of the molecule is C#CCNCC(=O)NCc1cc(C)c(C)s1. The van der Waals surface area contributed by atoms with Crippen LogP contribution in [0.1, 0.15) is 15.3 Å². The average Bonchev–Trinajstić information content (AvgIpc) is 2.56. The molecule has 3 nitrogen and oxygen atoms in total. The summed E-state index contributed by atoms with van der Waals surface area (Å²) in [6.07, 6.45) is 5.06. The normalized spacial score (nSPS) is 9.81. The summed E-state index contributed by atoms with van der Waals surface area (Å²) in [7, 11) is 0. The van der Waals surface area contributed by atoms with Gasteiger partial charge in [-0.25, -0.2) is 0 Å². The zero-order valence-corrected chi connectivity index (χ0v) is 10.4. The summed E-state index contributed by atoms with van der Waals surface area (Å²) < 4.78 is 0. The van der Waals surface area contributed by atoms with E-state index in [-0.39, 0.29) is 12.5 Å². The van der Waals surface area contributed by atoms with E-state index in [2.05, 4.69) is 36.5 Å². The van der Waals surface area contributed by atoms with Crippen LogP contribution in [0.2, 0.25) is 0 Å². The van der Waals surface area contributed by atoms with Gasteiger partial charge in [0.1, 0.15) is 0 Å². The summed E-state index contributed by atoms with van der Waals surface area (Å²) in [4.78, 5) is 13.8. The fraction of sp³-hybridized carbons (Fsp3) is 0.417. The van der Waals surface area contributed by atoms with Crippen LogP contribution in [0.4, 0.5) is 0 Å². The van der Waals surface area contributed by atoms with Crippen LogP contribution in [0.25, 0.3) is 0 Å². The molecule has 2 N–H and O–H groups in total. The molecule has 0 aromatic carbocycles. The highest BCUT2D eigenvalue weighted by Gasteiger charge is 2.03. The van der Waals surface area contributed by atoms with E-state index in [4.69, 9.17) is 6.42 Å². The molecule has 1 rings (SSSR count). The second-order valence-corrected chi connectivity index (χ2v) is 4.88. The third-order valence-electron chi connectivity index (χ3n) is 2.19. The molecule has 0 bridgehead atoms. The zero-order chi connectivity index (χ0) is 12.0. The van der Waals surface area contributed by atoms with Gasteiger partial charge in [-0.05, 0) is 25.5 Å². The van der Waals surface area contributed by atoms with E-state index in [1.54, 1.807) is 11.3 Å². The number of hydrogen-bond donors (Lipinski definition) is 2. The van der Waals surface area contributed by atoms with Gasteiger partial charge in [0, 0.05) is 9.75 Å². The minimum absolute atomic E-state index is 0.0287. The monoisotopic (exact) mass is 236 g/mol. The molecule has 86 valence electrons. The lowest BCUT2D eigenvalue weighted by molar-refractivity contribution is -0.120. The molecule has 1 heterocycles. The molecular weight excluding hydrogens is 220 g/mol. The molecule has 1 aromatic rings. The van der Waals surface area contributed by atoms with Crippen molar-refractivity contribution in [2.75, 3.05) is 13.1 Å². The Kier molecular flexibility index (Phi) is 5.03. The van der Waals surface area contributed by atoms with Crippen LogP contribution in [0, 0.1) is 26.2 Å². The van der Waals surface area contributed by atoms with Crippen LogP contribution in [0.5, 0.6) is 0 Å². The number of rotatable bonds is 5. The second kappa shape index (κ2) is 6.31. The summed E-state index contributed by atoms with van der Waals surface area (Å²) in [6.45, 7) is 5.44. The van der Waals surface area contributed by atoms with Gasteiger partial charge in [0.2, 0.25) is 5.91 Å². The molecule has 16 heavy (non-hydrogen) atoms. The minimum atomic E-state index is -0.0287. The molecule has 0 unspecified atom stereocenters. The number of carbonyl (C=O) groups excluding carboxylic acids is 1. The van der Waals surface area contributed by atoms with Gasteiger partial charge < -0.3 is 5.32 Å². The van der Waals surface area contributed by atoms with Crippen molar-refractivity contribution in [1.82, 2.24) is 10.6 Å². The van der Waals surface area contributed by atoms with E-state index >= 15 is 0 Å². The first-order valence-corrected chi connectivity index (χ1v) is 5.92. The molecular formula is C12H16N2OS. The molecule has 0 spiro atoms. The number of nitrogens with one attached hydrogen (secondary N) is 2. The lowest BCUT2D eigenvalue weighted by atomic mass is 10.3. The topological polar surface area (TPSA) is 41.1 Å². The van der Waals surface area contributed by atoms with E-state index < -0.39 is 0 Å². The maximum Gasteiger partial charge on any atom is 0.234 e. The Morgan fingerprint density at radius 2 is 2.31 bits per heavy atom. The predicted octanol–water partition coefficient (Wildman–Crippen LogP) is 1.20. The van der Waals surface area contributed by atoms with Crippen LogP contribution < -0.4 is 10.6 Å². The molecule has 0 aliphatic heterocycles. The minimum Gasteiger partial charge on any atom is -0.350 e. The molecule has 0 fully saturated rings. The lowest BCUT2D eigenvalue weighted by Crippen LogP contribution is -2.33. The van der Waals surface area contributed by atoms with Gasteiger partial charge in [0.05, 0.1) is 19.6 Å². The Labute approximate surface area is 100 Å². The number of carbonyl (C=O) groups is 1. The Bertz CT molecular complexity index is 384. The highest BCUT2D eigenvalue weighted by atomic mass is 32.1. The quantitative estimate of drug-likeness (QED) is 0.596. The molecule has 0 saturated carbocycles. The van der Waals surface area contributed by atoms with E-state index in [0.717, 1.165) is 0 Å². The molecule has 1 aromatic heterocycles. The fourth-order valence-electron chi connectivity index (χ4n) is 1.23. The van der Waals surface area contributed by atoms with Gasteiger partial charge in [-0.15, -0.1) is 17.8 Å². The van der Waals surface area contributed by atoms with E-state index in [1.807, 2.05) is 0 Å². The fourth-order valence-corrected chi connectivity index (χ4v) is 2.23. The van der Waals surface area contributed by atoms with Crippen molar-refractivity contribution < 1.29 is 4.79 Å². The second-order valence-electron chi connectivity index (χ2n) is 3.54. The first-order chi connectivity index (χ1) is 7.63. The van der Waals surface area contributed by atoms with Crippen molar-refractivity contribution in [2.24, 2.45) is 0 Å². The molecule has 0 radical (unpaired) electrons. The summed E-state index contributed by atoms with van der Waals surface area (Å²) in [5.74, 6) is 2.39. The Morgan fingerprint density at radius 1 is 1.56 bits per heavy atom. The number of thiophene rings is 1. The van der Waals surface area contributed by atoms with Crippen LogP contribution >= 0.6 is 11.3 Å². The van der Waals surface area contributed by atoms with E-state index in [0.29, 0.717) is 13.1 Å². The van der Waals surface area contributed by atoms with Crippen molar-refractivity contribution in [2.45, 2.75) is 20.4 Å². The maximum absolute atomic E-state index is 11.3. The van der Waals surface area contributed by atoms with Crippen LogP contribution in [0.15, 0.2) is 6.07 Å². The van der Waals surface area contributed by atoms with Gasteiger partial charge in [-0.2, -0.15) is 0 Å². The van der Waals surface area contributed by atoms with Crippen molar-refractivity contribution in [3.05, 3.63) is 21.4 Å². The Balaban J connectivity index is 2.29.